The van der Waals surface area contributed by atoms with Crippen molar-refractivity contribution in [1.82, 2.24) is 4.90 Å². The molecule has 1 aromatic rings. The highest BCUT2D eigenvalue weighted by Gasteiger charge is 2.34. The number of hydrogen-bond acceptors (Lipinski definition) is 6. The van der Waals surface area contributed by atoms with E-state index in [0.29, 0.717) is 28.2 Å². The van der Waals surface area contributed by atoms with E-state index in [0.717, 1.165) is 5.56 Å². The number of hydrogen-bond donors (Lipinski definition) is 0. The van der Waals surface area contributed by atoms with Crippen LogP contribution in [-0.4, -0.2) is 40.9 Å². The maximum atomic E-state index is 12.6. The van der Waals surface area contributed by atoms with Crippen molar-refractivity contribution in [2.45, 2.75) is 20.8 Å². The monoisotopic (exact) mass is 379 g/mol. The number of carbonyl (C=O) groups excluding carboxylic acids is 2. The summed E-state index contributed by atoms with van der Waals surface area (Å²) in [5, 5.41) is 0. The second-order valence-corrected chi connectivity index (χ2v) is 7.49. The average molecular weight is 380 g/mol. The van der Waals surface area contributed by atoms with Gasteiger partial charge in [-0.2, -0.15) is 0 Å². The van der Waals surface area contributed by atoms with Gasteiger partial charge in [0, 0.05) is 5.56 Å². The lowest BCUT2D eigenvalue weighted by Gasteiger charge is -2.14. The maximum absolute atomic E-state index is 12.6. The summed E-state index contributed by atoms with van der Waals surface area (Å²) in [5.41, 5.74) is 0.798. The fraction of sp³-hybridized carbons (Fsp3) is 0.389. The molecular formula is C18H21NO4S2. The quantitative estimate of drug-likeness (QED) is 0.411. The Kier molecular flexibility index (Phi) is 7.01. The molecule has 0 spiro atoms. The first-order valence-corrected chi connectivity index (χ1v) is 9.27. The number of benzene rings is 1. The Morgan fingerprint density at radius 3 is 2.76 bits per heavy atom. The molecule has 134 valence electrons. The van der Waals surface area contributed by atoms with E-state index in [1.165, 1.54) is 16.7 Å². The number of esters is 1. The molecule has 0 aliphatic carbocycles. The normalized spacial score (nSPS) is 16.0. The summed E-state index contributed by atoms with van der Waals surface area (Å²) in [7, 11) is 0. The van der Waals surface area contributed by atoms with E-state index in [-0.39, 0.29) is 18.4 Å². The molecule has 0 atom stereocenters. The van der Waals surface area contributed by atoms with Gasteiger partial charge in [-0.15, -0.1) is 0 Å². The third-order valence-corrected chi connectivity index (χ3v) is 4.62. The Bertz CT molecular complexity index is 700. The van der Waals surface area contributed by atoms with Crippen LogP contribution >= 0.6 is 24.0 Å². The molecular weight excluding hydrogens is 358 g/mol. The molecule has 2 rings (SSSR count). The standard InChI is InChI=1S/C18H21NO4S2/c1-4-22-14-8-6-5-7-13(14)9-15-17(21)19(18(24)25-15)10-16(20)23-11-12(2)3/h5-9,12H,4,10-11H2,1-3H3/b15-9+. The van der Waals surface area contributed by atoms with Crippen molar-refractivity contribution >= 4 is 46.3 Å². The molecule has 25 heavy (non-hydrogen) atoms. The number of nitrogens with zero attached hydrogens (tertiary/aromatic N) is 1. The Balaban J connectivity index is 2.11. The zero-order chi connectivity index (χ0) is 18.4. The highest BCUT2D eigenvalue weighted by Crippen LogP contribution is 2.34. The highest BCUT2D eigenvalue weighted by atomic mass is 32.2. The molecule has 5 nitrogen and oxygen atoms in total. The minimum absolute atomic E-state index is 0.165. The van der Waals surface area contributed by atoms with Crippen LogP contribution in [0.5, 0.6) is 5.75 Å². The first kappa shape index (κ1) is 19.5. The van der Waals surface area contributed by atoms with E-state index in [1.807, 2.05) is 45.0 Å². The molecule has 1 aliphatic heterocycles. The van der Waals surface area contributed by atoms with Gasteiger partial charge >= 0.3 is 5.97 Å². The van der Waals surface area contributed by atoms with Crippen molar-refractivity contribution in [1.29, 1.82) is 0 Å². The van der Waals surface area contributed by atoms with Crippen molar-refractivity contribution in [3.8, 4) is 5.75 Å². The molecule has 1 aromatic carbocycles. The van der Waals surface area contributed by atoms with Crippen molar-refractivity contribution in [3.63, 3.8) is 0 Å². The van der Waals surface area contributed by atoms with Gasteiger partial charge in [0.2, 0.25) is 0 Å². The van der Waals surface area contributed by atoms with Gasteiger partial charge in [-0.1, -0.05) is 56.0 Å². The lowest BCUT2D eigenvalue weighted by molar-refractivity contribution is -0.147. The summed E-state index contributed by atoms with van der Waals surface area (Å²) in [4.78, 5) is 26.2. The summed E-state index contributed by atoms with van der Waals surface area (Å²) >= 11 is 6.41. The maximum Gasteiger partial charge on any atom is 0.326 e. The highest BCUT2D eigenvalue weighted by molar-refractivity contribution is 8.26. The van der Waals surface area contributed by atoms with Gasteiger partial charge in [0.25, 0.3) is 5.91 Å². The summed E-state index contributed by atoms with van der Waals surface area (Å²) in [6, 6.07) is 7.46. The predicted octanol–water partition coefficient (Wildman–Crippen LogP) is 3.49. The fourth-order valence-electron chi connectivity index (χ4n) is 2.10. The van der Waals surface area contributed by atoms with Crippen LogP contribution in [0, 0.1) is 5.92 Å². The van der Waals surface area contributed by atoms with Crippen LogP contribution in [0.3, 0.4) is 0 Å². The molecule has 0 saturated carbocycles. The van der Waals surface area contributed by atoms with Crippen molar-refractivity contribution in [3.05, 3.63) is 34.7 Å². The predicted molar refractivity (Wildman–Crippen MR) is 103 cm³/mol. The second kappa shape index (κ2) is 9.01. The van der Waals surface area contributed by atoms with Crippen molar-refractivity contribution < 1.29 is 19.1 Å². The van der Waals surface area contributed by atoms with Gasteiger partial charge in [-0.3, -0.25) is 14.5 Å². The lowest BCUT2D eigenvalue weighted by Crippen LogP contribution is -2.34. The van der Waals surface area contributed by atoms with Crippen LogP contribution in [0.2, 0.25) is 0 Å². The van der Waals surface area contributed by atoms with E-state index in [1.54, 1.807) is 6.08 Å². The van der Waals surface area contributed by atoms with Crippen LogP contribution in [-0.2, 0) is 14.3 Å². The molecule has 0 radical (unpaired) electrons. The summed E-state index contributed by atoms with van der Waals surface area (Å²) in [5.74, 6) is 0.195. The van der Waals surface area contributed by atoms with Crippen molar-refractivity contribution in [2.24, 2.45) is 5.92 Å². The average Bonchev–Trinajstić information content (AvgIpc) is 2.82. The molecule has 0 unspecified atom stereocenters. The zero-order valence-electron chi connectivity index (χ0n) is 14.5. The minimum atomic E-state index is -0.457. The number of rotatable bonds is 7. The molecule has 1 aliphatic rings. The van der Waals surface area contributed by atoms with E-state index in [4.69, 9.17) is 21.7 Å². The van der Waals surface area contributed by atoms with Gasteiger partial charge in [-0.25, -0.2) is 0 Å². The Hall–Kier alpha value is -1.86. The number of thiocarbonyl (C=S) groups is 1. The molecule has 1 fully saturated rings. The number of thioether (sulfide) groups is 1. The van der Waals surface area contributed by atoms with E-state index in [9.17, 15) is 9.59 Å². The first-order valence-electron chi connectivity index (χ1n) is 8.05. The van der Waals surface area contributed by atoms with Gasteiger partial charge in [0.05, 0.1) is 18.1 Å². The number of carbonyl (C=O) groups is 2. The second-order valence-electron chi connectivity index (χ2n) is 5.82. The number of para-hydroxylation sites is 1. The van der Waals surface area contributed by atoms with E-state index < -0.39 is 5.97 Å². The lowest BCUT2D eigenvalue weighted by atomic mass is 10.2. The zero-order valence-corrected chi connectivity index (χ0v) is 16.1. The van der Waals surface area contributed by atoms with Crippen molar-refractivity contribution in [2.75, 3.05) is 19.8 Å². The first-order chi connectivity index (χ1) is 11.9. The van der Waals surface area contributed by atoms with Gasteiger partial charge in [0.15, 0.2) is 0 Å². The summed E-state index contributed by atoms with van der Waals surface area (Å²) in [6.07, 6.45) is 1.74. The third-order valence-electron chi connectivity index (χ3n) is 3.24. The molecule has 1 saturated heterocycles. The van der Waals surface area contributed by atoms with Crippen LogP contribution < -0.4 is 4.74 Å². The third kappa shape index (κ3) is 5.31. The van der Waals surface area contributed by atoms with E-state index in [2.05, 4.69) is 0 Å². The number of ether oxygens (including phenoxy) is 2. The Morgan fingerprint density at radius 1 is 1.36 bits per heavy atom. The SMILES string of the molecule is CCOc1ccccc1/C=C1/SC(=S)N(CC(=O)OCC(C)C)C1=O. The van der Waals surface area contributed by atoms with Crippen LogP contribution in [0.1, 0.15) is 26.3 Å². The van der Waals surface area contributed by atoms with Gasteiger partial charge in [0.1, 0.15) is 16.6 Å². The topological polar surface area (TPSA) is 55.8 Å². The van der Waals surface area contributed by atoms with Crippen LogP contribution in [0.4, 0.5) is 0 Å². The summed E-state index contributed by atoms with van der Waals surface area (Å²) in [6.45, 7) is 6.50. The molecule has 1 heterocycles. The largest absolute Gasteiger partial charge is 0.493 e. The Labute approximate surface area is 157 Å². The number of amides is 1. The fourth-order valence-corrected chi connectivity index (χ4v) is 3.34. The van der Waals surface area contributed by atoms with E-state index >= 15 is 0 Å². The van der Waals surface area contributed by atoms with Crippen LogP contribution in [0.25, 0.3) is 6.08 Å². The smallest absolute Gasteiger partial charge is 0.326 e. The molecule has 0 bridgehead atoms. The molecule has 0 aromatic heterocycles. The van der Waals surface area contributed by atoms with Crippen LogP contribution in [0.15, 0.2) is 29.2 Å². The van der Waals surface area contributed by atoms with Gasteiger partial charge in [-0.05, 0) is 25.0 Å². The minimum Gasteiger partial charge on any atom is -0.493 e. The Morgan fingerprint density at radius 2 is 2.08 bits per heavy atom. The molecule has 0 N–H and O–H groups in total. The molecule has 1 amide bonds. The molecule has 7 heteroatoms. The van der Waals surface area contributed by atoms with Gasteiger partial charge < -0.3 is 9.47 Å². The summed E-state index contributed by atoms with van der Waals surface area (Å²) < 4.78 is 11.0.